The summed E-state index contributed by atoms with van der Waals surface area (Å²) in [6.07, 6.45) is 4.35. The summed E-state index contributed by atoms with van der Waals surface area (Å²) in [5.41, 5.74) is 6.20. The average molecular weight is 277 g/mol. The summed E-state index contributed by atoms with van der Waals surface area (Å²) in [6.45, 7) is 7.77. The Morgan fingerprint density at radius 1 is 1.35 bits per heavy atom. The van der Waals surface area contributed by atoms with Crippen LogP contribution in [0.3, 0.4) is 0 Å². The summed E-state index contributed by atoms with van der Waals surface area (Å²) in [5, 5.41) is 3.46. The van der Waals surface area contributed by atoms with E-state index >= 15 is 0 Å². The van der Waals surface area contributed by atoms with Crippen molar-refractivity contribution >= 4 is 11.6 Å². The van der Waals surface area contributed by atoms with Crippen LogP contribution in [0.4, 0.5) is 11.6 Å². The van der Waals surface area contributed by atoms with Gasteiger partial charge in [0.15, 0.2) is 0 Å². The van der Waals surface area contributed by atoms with Crippen molar-refractivity contribution < 1.29 is 0 Å². The predicted octanol–water partition coefficient (Wildman–Crippen LogP) is 2.16. The van der Waals surface area contributed by atoms with Gasteiger partial charge in [-0.2, -0.15) is 0 Å². The molecule has 0 radical (unpaired) electrons. The van der Waals surface area contributed by atoms with E-state index in [-0.39, 0.29) is 0 Å². The number of aryl methyl sites for hydroxylation is 1. The lowest BCUT2D eigenvalue weighted by atomic mass is 9.80. The molecular formula is C15H27N5. The molecule has 1 saturated heterocycles. The SMILES string of the molecule is CCCc1nc(N)cc(NCC2(C)CCN(C)CC2)n1. The van der Waals surface area contributed by atoms with Crippen LogP contribution < -0.4 is 11.1 Å². The number of likely N-dealkylation sites (tertiary alicyclic amines) is 1. The van der Waals surface area contributed by atoms with Gasteiger partial charge >= 0.3 is 0 Å². The van der Waals surface area contributed by atoms with Gasteiger partial charge in [-0.25, -0.2) is 9.97 Å². The minimum Gasteiger partial charge on any atom is -0.384 e. The molecule has 0 aliphatic carbocycles. The maximum absolute atomic E-state index is 5.85. The molecule has 1 aromatic heterocycles. The van der Waals surface area contributed by atoms with Crippen molar-refractivity contribution in [1.29, 1.82) is 0 Å². The van der Waals surface area contributed by atoms with Crippen molar-refractivity contribution in [2.75, 3.05) is 37.7 Å². The molecule has 112 valence electrons. The Bertz CT molecular complexity index is 438. The number of aromatic nitrogens is 2. The van der Waals surface area contributed by atoms with E-state index in [1.807, 2.05) is 6.07 Å². The van der Waals surface area contributed by atoms with Gasteiger partial charge in [0.1, 0.15) is 17.5 Å². The van der Waals surface area contributed by atoms with Crippen molar-refractivity contribution in [2.24, 2.45) is 5.41 Å². The van der Waals surface area contributed by atoms with E-state index in [4.69, 9.17) is 5.73 Å². The van der Waals surface area contributed by atoms with Crippen LogP contribution in [0, 0.1) is 5.41 Å². The highest BCUT2D eigenvalue weighted by Crippen LogP contribution is 2.30. The summed E-state index contributed by atoms with van der Waals surface area (Å²) in [7, 11) is 2.19. The molecule has 0 atom stereocenters. The first-order valence-corrected chi connectivity index (χ1v) is 7.56. The van der Waals surface area contributed by atoms with E-state index < -0.39 is 0 Å². The molecule has 0 bridgehead atoms. The number of nitrogen functional groups attached to an aromatic ring is 1. The van der Waals surface area contributed by atoms with Crippen LogP contribution in [-0.4, -0.2) is 41.5 Å². The van der Waals surface area contributed by atoms with Crippen molar-refractivity contribution in [2.45, 2.75) is 39.5 Å². The topological polar surface area (TPSA) is 67.1 Å². The summed E-state index contributed by atoms with van der Waals surface area (Å²) in [5.74, 6) is 2.25. The van der Waals surface area contributed by atoms with Gasteiger partial charge in [0, 0.05) is 19.0 Å². The molecule has 1 fully saturated rings. The zero-order valence-electron chi connectivity index (χ0n) is 12.9. The third-order valence-electron chi connectivity index (χ3n) is 4.16. The Kier molecular flexibility index (Phi) is 4.81. The number of nitrogens with zero attached hydrogens (tertiary/aromatic N) is 3. The van der Waals surface area contributed by atoms with Crippen LogP contribution in [0.2, 0.25) is 0 Å². The standard InChI is InChI=1S/C15H27N5/c1-4-5-13-18-12(16)10-14(19-13)17-11-15(2)6-8-20(3)9-7-15/h10H,4-9,11H2,1-3H3,(H3,16,17,18,19). The summed E-state index contributed by atoms with van der Waals surface area (Å²) in [6, 6.07) is 1.83. The smallest absolute Gasteiger partial charge is 0.133 e. The Labute approximate surface area is 122 Å². The number of hydrogen-bond acceptors (Lipinski definition) is 5. The first-order valence-electron chi connectivity index (χ1n) is 7.56. The van der Waals surface area contributed by atoms with Crippen LogP contribution in [-0.2, 0) is 6.42 Å². The summed E-state index contributed by atoms with van der Waals surface area (Å²) < 4.78 is 0. The lowest BCUT2D eigenvalue weighted by molar-refractivity contribution is 0.150. The minimum absolute atomic E-state index is 0.344. The van der Waals surface area contributed by atoms with Crippen molar-refractivity contribution in [3.05, 3.63) is 11.9 Å². The molecule has 20 heavy (non-hydrogen) atoms. The maximum atomic E-state index is 5.85. The number of rotatable bonds is 5. The van der Waals surface area contributed by atoms with Gasteiger partial charge in [0.2, 0.25) is 0 Å². The highest BCUT2D eigenvalue weighted by Gasteiger charge is 2.28. The van der Waals surface area contributed by atoms with E-state index in [9.17, 15) is 0 Å². The maximum Gasteiger partial charge on any atom is 0.133 e. The van der Waals surface area contributed by atoms with Crippen molar-refractivity contribution in [3.63, 3.8) is 0 Å². The Morgan fingerprint density at radius 3 is 2.70 bits per heavy atom. The quantitative estimate of drug-likeness (QED) is 0.863. The lowest BCUT2D eigenvalue weighted by Gasteiger charge is -2.38. The highest BCUT2D eigenvalue weighted by molar-refractivity contribution is 5.44. The molecular weight excluding hydrogens is 250 g/mol. The van der Waals surface area contributed by atoms with Crippen LogP contribution in [0.5, 0.6) is 0 Å². The molecule has 0 aromatic carbocycles. The van der Waals surface area contributed by atoms with Gasteiger partial charge < -0.3 is 16.0 Å². The van der Waals surface area contributed by atoms with Gasteiger partial charge in [-0.3, -0.25) is 0 Å². The molecule has 5 heteroatoms. The van der Waals surface area contributed by atoms with E-state index in [1.165, 1.54) is 25.9 Å². The van der Waals surface area contributed by atoms with E-state index in [2.05, 4.69) is 41.1 Å². The Balaban J connectivity index is 1.96. The van der Waals surface area contributed by atoms with Crippen LogP contribution >= 0.6 is 0 Å². The third-order valence-corrected chi connectivity index (χ3v) is 4.16. The molecule has 3 N–H and O–H groups in total. The molecule has 0 amide bonds. The molecule has 0 spiro atoms. The molecule has 5 nitrogen and oxygen atoms in total. The first kappa shape index (κ1) is 15.0. The molecule has 0 unspecified atom stereocenters. The van der Waals surface area contributed by atoms with Crippen LogP contribution in [0.25, 0.3) is 0 Å². The predicted molar refractivity (Wildman–Crippen MR) is 83.8 cm³/mol. The number of nitrogens with one attached hydrogen (secondary N) is 1. The summed E-state index contributed by atoms with van der Waals surface area (Å²) >= 11 is 0. The largest absolute Gasteiger partial charge is 0.384 e. The van der Waals surface area contributed by atoms with Crippen molar-refractivity contribution in [3.8, 4) is 0 Å². The second-order valence-electron chi connectivity index (χ2n) is 6.31. The molecule has 1 aliphatic heterocycles. The van der Waals surface area contributed by atoms with Gasteiger partial charge in [0.05, 0.1) is 0 Å². The van der Waals surface area contributed by atoms with E-state index in [1.54, 1.807) is 0 Å². The van der Waals surface area contributed by atoms with Gasteiger partial charge in [0.25, 0.3) is 0 Å². The van der Waals surface area contributed by atoms with Gasteiger partial charge in [-0.05, 0) is 44.8 Å². The Morgan fingerprint density at radius 2 is 2.05 bits per heavy atom. The molecule has 2 heterocycles. The Hall–Kier alpha value is -1.36. The first-order chi connectivity index (χ1) is 9.50. The number of nitrogens with two attached hydrogens (primary N) is 1. The lowest BCUT2D eigenvalue weighted by Crippen LogP contribution is -2.40. The zero-order valence-corrected chi connectivity index (χ0v) is 12.9. The average Bonchev–Trinajstić information content (AvgIpc) is 2.40. The molecule has 1 aliphatic rings. The van der Waals surface area contributed by atoms with Crippen LogP contribution in [0.15, 0.2) is 6.07 Å². The molecule has 0 saturated carbocycles. The monoisotopic (exact) mass is 277 g/mol. The number of piperidine rings is 1. The third kappa shape index (κ3) is 4.07. The zero-order chi connectivity index (χ0) is 14.6. The van der Waals surface area contributed by atoms with Crippen LogP contribution in [0.1, 0.15) is 38.9 Å². The number of hydrogen-bond donors (Lipinski definition) is 2. The van der Waals surface area contributed by atoms with E-state index in [0.29, 0.717) is 11.2 Å². The van der Waals surface area contributed by atoms with Gasteiger partial charge in [-0.1, -0.05) is 13.8 Å². The van der Waals surface area contributed by atoms with Gasteiger partial charge in [-0.15, -0.1) is 0 Å². The normalized spacial score (nSPS) is 18.9. The fourth-order valence-electron chi connectivity index (χ4n) is 2.58. The van der Waals surface area contributed by atoms with Crippen molar-refractivity contribution in [1.82, 2.24) is 14.9 Å². The number of anilines is 2. The second-order valence-corrected chi connectivity index (χ2v) is 6.31. The second kappa shape index (κ2) is 6.39. The molecule has 1 aromatic rings. The van der Waals surface area contributed by atoms with E-state index in [0.717, 1.165) is 31.0 Å². The fourth-order valence-corrected chi connectivity index (χ4v) is 2.58. The summed E-state index contributed by atoms with van der Waals surface area (Å²) in [4.78, 5) is 11.2. The highest BCUT2D eigenvalue weighted by atomic mass is 15.1. The minimum atomic E-state index is 0.344. The molecule has 2 rings (SSSR count). The fraction of sp³-hybridized carbons (Fsp3) is 0.733.